The fourth-order valence-corrected chi connectivity index (χ4v) is 1.72. The highest BCUT2D eigenvalue weighted by Gasteiger charge is 2.40. The maximum atomic E-state index is 10.6. The molecule has 3 N–H and O–H groups in total. The van der Waals surface area contributed by atoms with Gasteiger partial charge in [0.1, 0.15) is 12.2 Å². The van der Waals surface area contributed by atoms with Crippen LogP contribution in [0.4, 0.5) is 0 Å². The first kappa shape index (κ1) is 8.00. The van der Waals surface area contributed by atoms with E-state index in [2.05, 4.69) is 0 Å². The summed E-state index contributed by atoms with van der Waals surface area (Å²) in [7, 11) is 0. The predicted molar refractivity (Wildman–Crippen MR) is 35.5 cm³/mol. The number of carbonyl (C=O) groups excluding carboxylic acids is 1. The van der Waals surface area contributed by atoms with Crippen LogP contribution in [-0.2, 0) is 4.79 Å². The first-order chi connectivity index (χ1) is 4.66. The van der Waals surface area contributed by atoms with Gasteiger partial charge in [0, 0.05) is 0 Å². The summed E-state index contributed by atoms with van der Waals surface area (Å²) in [6, 6.07) is 0. The van der Waals surface area contributed by atoms with Crippen molar-refractivity contribution < 1.29 is 20.1 Å². The van der Waals surface area contributed by atoms with Gasteiger partial charge < -0.3 is 15.3 Å². The number of rotatable bonds is 1. The molecule has 1 rings (SSSR count). The Bertz CT molecular complexity index is 149. The molecule has 0 unspecified atom stereocenters. The molecule has 3 atom stereocenters. The lowest BCUT2D eigenvalue weighted by Gasteiger charge is -2.09. The third-order valence-electron chi connectivity index (χ3n) is 1.39. The molecule has 0 radical (unpaired) electrons. The largest absolute Gasteiger partial charge is 0.395 e. The van der Waals surface area contributed by atoms with Gasteiger partial charge in [-0.3, -0.25) is 4.79 Å². The SMILES string of the molecule is O=C1S[C@H](CO)[C@@H](O)[C@H]1O. The fourth-order valence-electron chi connectivity index (χ4n) is 0.777. The van der Waals surface area contributed by atoms with Gasteiger partial charge in [-0.15, -0.1) is 0 Å². The second-order valence-electron chi connectivity index (χ2n) is 2.09. The molecule has 10 heavy (non-hydrogen) atoms. The van der Waals surface area contributed by atoms with Crippen LogP contribution < -0.4 is 0 Å². The van der Waals surface area contributed by atoms with Crippen LogP contribution in [0.15, 0.2) is 0 Å². The van der Waals surface area contributed by atoms with Crippen LogP contribution in [0.5, 0.6) is 0 Å². The number of hydrogen-bond donors (Lipinski definition) is 3. The molecule has 0 aliphatic carbocycles. The number of thioether (sulfide) groups is 1. The first-order valence-corrected chi connectivity index (χ1v) is 3.72. The summed E-state index contributed by atoms with van der Waals surface area (Å²) >= 11 is 0.793. The van der Waals surface area contributed by atoms with Gasteiger partial charge in [-0.1, -0.05) is 11.8 Å². The quantitative estimate of drug-likeness (QED) is 0.432. The zero-order valence-electron chi connectivity index (χ0n) is 5.10. The summed E-state index contributed by atoms with van der Waals surface area (Å²) in [6.45, 7) is -0.283. The molecule has 0 bridgehead atoms. The van der Waals surface area contributed by atoms with Crippen LogP contribution >= 0.6 is 11.8 Å². The van der Waals surface area contributed by atoms with Crippen molar-refractivity contribution in [3.8, 4) is 0 Å². The number of hydrogen-bond acceptors (Lipinski definition) is 5. The van der Waals surface area contributed by atoms with Crippen molar-refractivity contribution in [3.63, 3.8) is 0 Å². The zero-order chi connectivity index (χ0) is 7.72. The molecule has 1 saturated heterocycles. The van der Waals surface area contributed by atoms with Crippen molar-refractivity contribution in [2.75, 3.05) is 6.61 Å². The topological polar surface area (TPSA) is 77.8 Å². The first-order valence-electron chi connectivity index (χ1n) is 2.84. The van der Waals surface area contributed by atoms with E-state index in [1.807, 2.05) is 0 Å². The second kappa shape index (κ2) is 2.87. The van der Waals surface area contributed by atoms with Crippen molar-refractivity contribution >= 4 is 16.9 Å². The van der Waals surface area contributed by atoms with Crippen molar-refractivity contribution in [2.45, 2.75) is 17.5 Å². The molecule has 0 aromatic carbocycles. The zero-order valence-corrected chi connectivity index (χ0v) is 5.91. The molecule has 1 fully saturated rings. The Morgan fingerprint density at radius 2 is 2.10 bits per heavy atom. The highest BCUT2D eigenvalue weighted by molar-refractivity contribution is 8.14. The summed E-state index contributed by atoms with van der Waals surface area (Å²) in [5.41, 5.74) is 0. The summed E-state index contributed by atoms with van der Waals surface area (Å²) < 4.78 is 0. The molecule has 1 aliphatic rings. The lowest BCUT2D eigenvalue weighted by Crippen LogP contribution is -2.32. The van der Waals surface area contributed by atoms with Crippen LogP contribution in [0.2, 0.25) is 0 Å². The van der Waals surface area contributed by atoms with Crippen molar-refractivity contribution in [2.24, 2.45) is 0 Å². The van der Waals surface area contributed by atoms with E-state index >= 15 is 0 Å². The predicted octanol–water partition coefficient (Wildman–Crippen LogP) is -1.66. The third-order valence-corrected chi connectivity index (χ3v) is 2.60. The number of aliphatic hydroxyl groups excluding tert-OH is 3. The summed E-state index contributed by atoms with van der Waals surface area (Å²) in [6.07, 6.45) is -2.43. The monoisotopic (exact) mass is 164 g/mol. The molecule has 4 nitrogen and oxygen atoms in total. The highest BCUT2D eigenvalue weighted by Crippen LogP contribution is 2.28. The third kappa shape index (κ3) is 1.17. The van der Waals surface area contributed by atoms with Gasteiger partial charge in [0.15, 0.2) is 0 Å². The van der Waals surface area contributed by atoms with E-state index in [-0.39, 0.29) is 6.61 Å². The summed E-state index contributed by atoms with van der Waals surface area (Å²) in [5.74, 6) is 0. The van der Waals surface area contributed by atoms with Crippen molar-refractivity contribution in [3.05, 3.63) is 0 Å². The van der Waals surface area contributed by atoms with E-state index in [0.717, 1.165) is 11.8 Å². The Labute approximate surface area is 61.9 Å². The number of carbonyl (C=O) groups is 1. The molecular formula is C5H8O4S. The van der Waals surface area contributed by atoms with Gasteiger partial charge in [0.25, 0.3) is 0 Å². The Morgan fingerprint density at radius 1 is 1.50 bits per heavy atom. The van der Waals surface area contributed by atoms with E-state index in [9.17, 15) is 4.79 Å². The average molecular weight is 164 g/mol. The van der Waals surface area contributed by atoms with Crippen LogP contribution in [-0.4, -0.2) is 44.5 Å². The minimum Gasteiger partial charge on any atom is -0.395 e. The van der Waals surface area contributed by atoms with Gasteiger partial charge in [-0.2, -0.15) is 0 Å². The molecule has 1 heterocycles. The van der Waals surface area contributed by atoms with E-state index in [1.54, 1.807) is 0 Å². The molecule has 58 valence electrons. The molecule has 5 heteroatoms. The van der Waals surface area contributed by atoms with Crippen LogP contribution in [0, 0.1) is 0 Å². The number of aliphatic hydroxyl groups is 3. The molecule has 0 amide bonds. The minimum atomic E-state index is -1.32. The molecule has 1 aliphatic heterocycles. The van der Waals surface area contributed by atoms with E-state index in [0.29, 0.717) is 0 Å². The molecule has 0 spiro atoms. The molecule has 0 aromatic rings. The average Bonchev–Trinajstić information content (AvgIpc) is 2.17. The highest BCUT2D eigenvalue weighted by atomic mass is 32.2. The Morgan fingerprint density at radius 3 is 2.30 bits per heavy atom. The van der Waals surface area contributed by atoms with Crippen LogP contribution in [0.3, 0.4) is 0 Å². The van der Waals surface area contributed by atoms with E-state index in [1.165, 1.54) is 0 Å². The van der Waals surface area contributed by atoms with Gasteiger partial charge in [0.2, 0.25) is 5.12 Å². The van der Waals surface area contributed by atoms with E-state index < -0.39 is 22.6 Å². The standard InChI is InChI=1S/C5H8O4S/c6-1-2-3(7)4(8)5(9)10-2/h2-4,6-8H,1H2/t2-,3-,4-/m1/s1. The van der Waals surface area contributed by atoms with Gasteiger partial charge in [-0.05, 0) is 0 Å². The van der Waals surface area contributed by atoms with Gasteiger partial charge in [-0.25, -0.2) is 0 Å². The maximum absolute atomic E-state index is 10.6. The second-order valence-corrected chi connectivity index (χ2v) is 3.34. The van der Waals surface area contributed by atoms with Gasteiger partial charge in [0.05, 0.1) is 11.9 Å². The normalized spacial score (nSPS) is 40.7. The maximum Gasteiger partial charge on any atom is 0.220 e. The Balaban J connectivity index is 2.61. The van der Waals surface area contributed by atoms with Crippen molar-refractivity contribution in [1.29, 1.82) is 0 Å². The van der Waals surface area contributed by atoms with Crippen LogP contribution in [0.25, 0.3) is 0 Å². The fraction of sp³-hybridized carbons (Fsp3) is 0.800. The molecular weight excluding hydrogens is 156 g/mol. The smallest absolute Gasteiger partial charge is 0.220 e. The molecule has 0 saturated carbocycles. The van der Waals surface area contributed by atoms with Crippen LogP contribution in [0.1, 0.15) is 0 Å². The van der Waals surface area contributed by atoms with Crippen molar-refractivity contribution in [1.82, 2.24) is 0 Å². The summed E-state index contributed by atoms with van der Waals surface area (Å²) in [4.78, 5) is 10.6. The van der Waals surface area contributed by atoms with Gasteiger partial charge >= 0.3 is 0 Å². The lowest BCUT2D eigenvalue weighted by atomic mass is 10.2. The minimum absolute atomic E-state index is 0.283. The summed E-state index contributed by atoms with van der Waals surface area (Å²) in [5, 5.41) is 25.3. The molecule has 0 aromatic heterocycles. The Hall–Kier alpha value is -0.100. The lowest BCUT2D eigenvalue weighted by molar-refractivity contribution is -0.121. The van der Waals surface area contributed by atoms with E-state index in [4.69, 9.17) is 15.3 Å². The Kier molecular flexibility index (Phi) is 2.30.